The highest BCUT2D eigenvalue weighted by molar-refractivity contribution is 7.80. The van der Waals surface area contributed by atoms with Gasteiger partial charge in [-0.3, -0.25) is 4.79 Å². The molecule has 1 saturated heterocycles. The minimum absolute atomic E-state index is 0.133. The smallest absolute Gasteiger partial charge is 0.254 e. The maximum Gasteiger partial charge on any atom is 0.254 e. The molecule has 1 aromatic carbocycles. The Balaban J connectivity index is 2.12. The summed E-state index contributed by atoms with van der Waals surface area (Å²) in [7, 11) is 0. The molecule has 1 fully saturated rings. The third kappa shape index (κ3) is 2.83. The van der Waals surface area contributed by atoms with E-state index in [1.165, 1.54) is 6.42 Å². The molecule has 1 aromatic rings. The molecule has 17 heavy (non-hydrogen) atoms. The quantitative estimate of drug-likeness (QED) is 0.798. The monoisotopic (exact) mass is 249 g/mol. The third-order valence-corrected chi connectivity index (χ3v) is 3.91. The normalized spacial score (nSPS) is 20.4. The molecule has 1 aliphatic heterocycles. The summed E-state index contributed by atoms with van der Waals surface area (Å²) in [5, 5.41) is 0. The Morgan fingerprint density at radius 3 is 2.94 bits per heavy atom. The molecule has 1 aliphatic rings. The lowest BCUT2D eigenvalue weighted by atomic mass is 9.95. The number of amides is 1. The van der Waals surface area contributed by atoms with Crippen LogP contribution in [0, 0.1) is 5.92 Å². The third-order valence-electron chi connectivity index (χ3n) is 3.52. The number of nitrogens with zero attached hydrogens (tertiary/aromatic N) is 1. The van der Waals surface area contributed by atoms with Crippen LogP contribution in [0.4, 0.5) is 0 Å². The van der Waals surface area contributed by atoms with Crippen LogP contribution in [0.15, 0.2) is 29.2 Å². The highest BCUT2D eigenvalue weighted by atomic mass is 32.1. The van der Waals surface area contributed by atoms with E-state index in [1.54, 1.807) is 0 Å². The first kappa shape index (κ1) is 12.5. The Labute approximate surface area is 108 Å². The molecule has 0 radical (unpaired) electrons. The van der Waals surface area contributed by atoms with Gasteiger partial charge in [0, 0.05) is 18.0 Å². The van der Waals surface area contributed by atoms with Crippen LogP contribution >= 0.6 is 12.6 Å². The van der Waals surface area contributed by atoms with E-state index in [9.17, 15) is 4.79 Å². The lowest BCUT2D eigenvalue weighted by molar-refractivity contribution is 0.0668. The number of rotatable bonds is 2. The topological polar surface area (TPSA) is 20.3 Å². The van der Waals surface area contributed by atoms with Gasteiger partial charge in [0.2, 0.25) is 0 Å². The zero-order valence-electron chi connectivity index (χ0n) is 10.2. The van der Waals surface area contributed by atoms with Gasteiger partial charge in [-0.2, -0.15) is 0 Å². The predicted molar refractivity (Wildman–Crippen MR) is 72.6 cm³/mol. The van der Waals surface area contributed by atoms with Crippen LogP contribution in [0.1, 0.15) is 36.5 Å². The van der Waals surface area contributed by atoms with Gasteiger partial charge in [0.15, 0.2) is 0 Å². The molecule has 0 spiro atoms. The first-order valence-corrected chi connectivity index (χ1v) is 6.74. The van der Waals surface area contributed by atoms with Gasteiger partial charge in [0.1, 0.15) is 0 Å². The van der Waals surface area contributed by atoms with Gasteiger partial charge in [-0.1, -0.05) is 25.5 Å². The molecule has 0 saturated carbocycles. The van der Waals surface area contributed by atoms with Crippen LogP contribution in [-0.2, 0) is 0 Å². The molecular weight excluding hydrogens is 230 g/mol. The lowest BCUT2D eigenvalue weighted by Gasteiger charge is -2.32. The fourth-order valence-electron chi connectivity index (χ4n) is 2.41. The number of benzene rings is 1. The van der Waals surface area contributed by atoms with Crippen molar-refractivity contribution >= 4 is 18.5 Å². The standard InChI is InChI=1S/C14H19NOS/c1-2-11-6-5-9-15(10-11)14(16)12-7-3-4-8-13(12)17/h3-4,7-8,11,17H,2,5-6,9-10H2,1H3. The van der Waals surface area contributed by atoms with E-state index in [0.717, 1.165) is 36.4 Å². The Morgan fingerprint density at radius 2 is 2.24 bits per heavy atom. The second kappa shape index (κ2) is 5.58. The summed E-state index contributed by atoms with van der Waals surface area (Å²) in [6.07, 6.45) is 3.54. The Hall–Kier alpha value is -0.960. The molecule has 1 heterocycles. The second-order valence-corrected chi connectivity index (χ2v) is 5.17. The SMILES string of the molecule is CCC1CCCN(C(=O)c2ccccc2S)C1. The summed E-state index contributed by atoms with van der Waals surface area (Å²) >= 11 is 4.35. The number of piperidine rings is 1. The highest BCUT2D eigenvalue weighted by Crippen LogP contribution is 2.22. The fourth-order valence-corrected chi connectivity index (χ4v) is 2.66. The number of carbonyl (C=O) groups is 1. The van der Waals surface area contributed by atoms with Crippen molar-refractivity contribution in [3.05, 3.63) is 29.8 Å². The zero-order chi connectivity index (χ0) is 12.3. The van der Waals surface area contributed by atoms with E-state index in [1.807, 2.05) is 29.2 Å². The van der Waals surface area contributed by atoms with Crippen LogP contribution in [0.3, 0.4) is 0 Å². The molecule has 1 atom stereocenters. The summed E-state index contributed by atoms with van der Waals surface area (Å²) in [5.41, 5.74) is 0.729. The minimum atomic E-state index is 0.133. The van der Waals surface area contributed by atoms with Crippen molar-refractivity contribution in [2.45, 2.75) is 31.1 Å². The number of hydrogen-bond donors (Lipinski definition) is 1. The lowest BCUT2D eigenvalue weighted by Crippen LogP contribution is -2.39. The first-order chi connectivity index (χ1) is 8.22. The van der Waals surface area contributed by atoms with Gasteiger partial charge in [-0.25, -0.2) is 0 Å². The predicted octanol–water partition coefficient (Wildman–Crippen LogP) is 3.24. The highest BCUT2D eigenvalue weighted by Gasteiger charge is 2.24. The van der Waals surface area contributed by atoms with E-state index < -0.39 is 0 Å². The largest absolute Gasteiger partial charge is 0.338 e. The van der Waals surface area contributed by atoms with Crippen molar-refractivity contribution in [3.63, 3.8) is 0 Å². The summed E-state index contributed by atoms with van der Waals surface area (Å²) in [6, 6.07) is 7.54. The average Bonchev–Trinajstić information content (AvgIpc) is 2.38. The molecule has 3 heteroatoms. The van der Waals surface area contributed by atoms with Gasteiger partial charge < -0.3 is 4.90 Å². The van der Waals surface area contributed by atoms with Gasteiger partial charge in [0.05, 0.1) is 5.56 Å². The molecule has 92 valence electrons. The molecule has 0 aromatic heterocycles. The van der Waals surface area contributed by atoms with Crippen LogP contribution in [0.2, 0.25) is 0 Å². The Kier molecular flexibility index (Phi) is 4.11. The van der Waals surface area contributed by atoms with Gasteiger partial charge in [0.25, 0.3) is 5.91 Å². The van der Waals surface area contributed by atoms with E-state index in [4.69, 9.17) is 0 Å². The van der Waals surface area contributed by atoms with Crippen molar-refractivity contribution in [3.8, 4) is 0 Å². The average molecular weight is 249 g/mol. The van der Waals surface area contributed by atoms with E-state index >= 15 is 0 Å². The number of carbonyl (C=O) groups excluding carboxylic acids is 1. The minimum Gasteiger partial charge on any atom is -0.338 e. The number of likely N-dealkylation sites (tertiary alicyclic amines) is 1. The number of hydrogen-bond acceptors (Lipinski definition) is 2. The number of thiol groups is 1. The summed E-state index contributed by atoms with van der Waals surface area (Å²) in [4.78, 5) is 15.1. The van der Waals surface area contributed by atoms with Crippen LogP contribution in [0.5, 0.6) is 0 Å². The second-order valence-electron chi connectivity index (χ2n) is 4.68. The molecule has 0 bridgehead atoms. The van der Waals surface area contributed by atoms with E-state index in [0.29, 0.717) is 5.92 Å². The van der Waals surface area contributed by atoms with Crippen LogP contribution < -0.4 is 0 Å². The van der Waals surface area contributed by atoms with Gasteiger partial charge in [-0.05, 0) is 30.9 Å². The maximum atomic E-state index is 12.4. The van der Waals surface area contributed by atoms with Gasteiger partial charge in [-0.15, -0.1) is 12.6 Å². The Bertz CT molecular complexity index is 405. The van der Waals surface area contributed by atoms with Crippen molar-refractivity contribution in [1.29, 1.82) is 0 Å². The summed E-state index contributed by atoms with van der Waals surface area (Å²) < 4.78 is 0. The fraction of sp³-hybridized carbons (Fsp3) is 0.500. The molecular formula is C14H19NOS. The van der Waals surface area contributed by atoms with Crippen LogP contribution in [0.25, 0.3) is 0 Å². The van der Waals surface area contributed by atoms with Crippen molar-refractivity contribution in [2.24, 2.45) is 5.92 Å². The Morgan fingerprint density at radius 1 is 1.47 bits per heavy atom. The summed E-state index contributed by atoms with van der Waals surface area (Å²) in [5.74, 6) is 0.800. The summed E-state index contributed by atoms with van der Waals surface area (Å²) in [6.45, 7) is 3.99. The molecule has 0 N–H and O–H groups in total. The van der Waals surface area contributed by atoms with Gasteiger partial charge >= 0.3 is 0 Å². The maximum absolute atomic E-state index is 12.4. The van der Waals surface area contributed by atoms with Crippen molar-refractivity contribution < 1.29 is 4.79 Å². The van der Waals surface area contributed by atoms with E-state index in [2.05, 4.69) is 19.6 Å². The molecule has 1 amide bonds. The first-order valence-electron chi connectivity index (χ1n) is 6.29. The molecule has 2 rings (SSSR count). The van der Waals surface area contributed by atoms with E-state index in [-0.39, 0.29) is 5.91 Å². The molecule has 0 aliphatic carbocycles. The van der Waals surface area contributed by atoms with Crippen molar-refractivity contribution in [2.75, 3.05) is 13.1 Å². The molecule has 1 unspecified atom stereocenters. The molecule has 2 nitrogen and oxygen atoms in total. The van der Waals surface area contributed by atoms with Crippen LogP contribution in [-0.4, -0.2) is 23.9 Å². The zero-order valence-corrected chi connectivity index (χ0v) is 11.1. The van der Waals surface area contributed by atoms with Crippen molar-refractivity contribution in [1.82, 2.24) is 4.90 Å².